The Balaban J connectivity index is 1.65. The van der Waals surface area contributed by atoms with Gasteiger partial charge in [-0.2, -0.15) is 0 Å². The Morgan fingerprint density at radius 2 is 2.16 bits per heavy atom. The SMILES string of the molecule is Cc1ccc(C(C)NC(=O)C2C3CCC(C3)C2N)o1. The zero-order chi connectivity index (χ0) is 13.6. The van der Waals surface area contributed by atoms with Crippen molar-refractivity contribution in [1.82, 2.24) is 5.32 Å². The molecule has 1 aromatic heterocycles. The molecule has 2 saturated carbocycles. The Morgan fingerprint density at radius 3 is 2.74 bits per heavy atom. The molecule has 2 aliphatic carbocycles. The third kappa shape index (κ3) is 2.18. The number of aryl methyl sites for hydroxylation is 1. The van der Waals surface area contributed by atoms with Gasteiger partial charge in [0.1, 0.15) is 11.5 Å². The van der Waals surface area contributed by atoms with Crippen LogP contribution in [0.1, 0.15) is 43.7 Å². The van der Waals surface area contributed by atoms with Crippen LogP contribution in [-0.2, 0) is 4.79 Å². The molecule has 1 aromatic rings. The van der Waals surface area contributed by atoms with Gasteiger partial charge in [0.15, 0.2) is 0 Å². The number of carbonyl (C=O) groups is 1. The molecule has 2 bridgehead atoms. The van der Waals surface area contributed by atoms with Crippen molar-refractivity contribution in [3.05, 3.63) is 23.7 Å². The highest BCUT2D eigenvalue weighted by molar-refractivity contribution is 5.80. The average Bonchev–Trinajstić information content (AvgIpc) is 3.03. The second kappa shape index (κ2) is 4.67. The van der Waals surface area contributed by atoms with Crippen molar-refractivity contribution in [2.24, 2.45) is 23.5 Å². The summed E-state index contributed by atoms with van der Waals surface area (Å²) in [4.78, 5) is 12.4. The zero-order valence-electron chi connectivity index (χ0n) is 11.6. The summed E-state index contributed by atoms with van der Waals surface area (Å²) in [5.41, 5.74) is 6.20. The molecule has 0 aromatic carbocycles. The lowest BCUT2D eigenvalue weighted by atomic mass is 9.84. The second-order valence-corrected chi connectivity index (χ2v) is 6.12. The monoisotopic (exact) mass is 262 g/mol. The average molecular weight is 262 g/mol. The van der Waals surface area contributed by atoms with Crippen LogP contribution in [0.5, 0.6) is 0 Å². The number of carbonyl (C=O) groups excluding carboxylic acids is 1. The summed E-state index contributed by atoms with van der Waals surface area (Å²) in [5.74, 6) is 2.82. The fourth-order valence-corrected chi connectivity index (χ4v) is 3.79. The van der Waals surface area contributed by atoms with E-state index in [1.807, 2.05) is 26.0 Å². The molecule has 1 amide bonds. The van der Waals surface area contributed by atoms with Gasteiger partial charge in [0, 0.05) is 6.04 Å². The van der Waals surface area contributed by atoms with Gasteiger partial charge in [-0.05, 0) is 57.1 Å². The summed E-state index contributed by atoms with van der Waals surface area (Å²) in [6.07, 6.45) is 3.49. The van der Waals surface area contributed by atoms with Gasteiger partial charge in [0.25, 0.3) is 0 Å². The van der Waals surface area contributed by atoms with Crippen molar-refractivity contribution in [2.45, 2.75) is 45.2 Å². The zero-order valence-corrected chi connectivity index (χ0v) is 11.6. The summed E-state index contributed by atoms with van der Waals surface area (Å²) in [6.45, 7) is 3.86. The molecule has 0 aliphatic heterocycles. The first kappa shape index (κ1) is 12.7. The van der Waals surface area contributed by atoms with E-state index in [2.05, 4.69) is 5.32 Å². The van der Waals surface area contributed by atoms with Crippen molar-refractivity contribution in [3.63, 3.8) is 0 Å². The van der Waals surface area contributed by atoms with E-state index in [4.69, 9.17) is 10.2 Å². The van der Waals surface area contributed by atoms with Crippen LogP contribution in [0, 0.1) is 24.7 Å². The number of hydrogen-bond acceptors (Lipinski definition) is 3. The number of rotatable bonds is 3. The molecule has 5 atom stereocenters. The fourth-order valence-electron chi connectivity index (χ4n) is 3.79. The van der Waals surface area contributed by atoms with Gasteiger partial charge in [0.05, 0.1) is 12.0 Å². The molecule has 3 N–H and O–H groups in total. The minimum absolute atomic E-state index is 0.00254. The number of fused-ring (bicyclic) bond motifs is 2. The smallest absolute Gasteiger partial charge is 0.225 e. The lowest BCUT2D eigenvalue weighted by Crippen LogP contribution is -2.45. The van der Waals surface area contributed by atoms with Crippen molar-refractivity contribution in [1.29, 1.82) is 0 Å². The molecule has 2 fully saturated rings. The van der Waals surface area contributed by atoms with Gasteiger partial charge in [-0.1, -0.05) is 0 Å². The van der Waals surface area contributed by atoms with Crippen LogP contribution < -0.4 is 11.1 Å². The third-order valence-corrected chi connectivity index (χ3v) is 4.83. The van der Waals surface area contributed by atoms with Crippen molar-refractivity contribution in [3.8, 4) is 0 Å². The van der Waals surface area contributed by atoms with E-state index in [1.54, 1.807) is 0 Å². The van der Waals surface area contributed by atoms with Crippen molar-refractivity contribution >= 4 is 5.91 Å². The quantitative estimate of drug-likeness (QED) is 0.877. The van der Waals surface area contributed by atoms with Gasteiger partial charge in [-0.25, -0.2) is 0 Å². The predicted octanol–water partition coefficient (Wildman–Crippen LogP) is 2.14. The van der Waals surface area contributed by atoms with Gasteiger partial charge in [-0.3, -0.25) is 4.79 Å². The first-order valence-electron chi connectivity index (χ1n) is 7.18. The number of amides is 1. The minimum atomic E-state index is -0.0903. The molecule has 0 radical (unpaired) electrons. The molecule has 0 spiro atoms. The molecule has 3 rings (SSSR count). The van der Waals surface area contributed by atoms with Gasteiger partial charge < -0.3 is 15.5 Å². The molecule has 2 aliphatic rings. The van der Waals surface area contributed by atoms with E-state index in [0.29, 0.717) is 11.8 Å². The van der Waals surface area contributed by atoms with E-state index >= 15 is 0 Å². The number of nitrogens with one attached hydrogen (secondary N) is 1. The Bertz CT molecular complexity index is 480. The lowest BCUT2D eigenvalue weighted by molar-refractivity contribution is -0.127. The topological polar surface area (TPSA) is 68.3 Å². The van der Waals surface area contributed by atoms with E-state index in [1.165, 1.54) is 6.42 Å². The standard InChI is InChI=1S/C15H22N2O2/c1-8-3-6-12(19-8)9(2)17-15(18)13-10-4-5-11(7-10)14(13)16/h3,6,9-11,13-14H,4-5,7,16H2,1-2H3,(H,17,18). The number of hydrogen-bond donors (Lipinski definition) is 2. The molecular formula is C15H22N2O2. The van der Waals surface area contributed by atoms with Gasteiger partial charge in [-0.15, -0.1) is 0 Å². The van der Waals surface area contributed by atoms with Crippen molar-refractivity contribution < 1.29 is 9.21 Å². The maximum Gasteiger partial charge on any atom is 0.225 e. The summed E-state index contributed by atoms with van der Waals surface area (Å²) in [5, 5.41) is 3.05. The first-order valence-corrected chi connectivity index (χ1v) is 7.18. The van der Waals surface area contributed by atoms with E-state index in [0.717, 1.165) is 24.4 Å². The molecular weight excluding hydrogens is 240 g/mol. The molecule has 0 saturated heterocycles. The number of furan rings is 1. The second-order valence-electron chi connectivity index (χ2n) is 6.12. The van der Waals surface area contributed by atoms with Crippen LogP contribution >= 0.6 is 0 Å². The Hall–Kier alpha value is -1.29. The molecule has 4 nitrogen and oxygen atoms in total. The number of nitrogens with two attached hydrogens (primary N) is 1. The highest BCUT2D eigenvalue weighted by Crippen LogP contribution is 2.47. The van der Waals surface area contributed by atoms with Crippen LogP contribution in [0.25, 0.3) is 0 Å². The van der Waals surface area contributed by atoms with Crippen LogP contribution in [0.15, 0.2) is 16.5 Å². The van der Waals surface area contributed by atoms with Crippen LogP contribution in [0.4, 0.5) is 0 Å². The summed E-state index contributed by atoms with van der Waals surface area (Å²) >= 11 is 0. The highest BCUT2D eigenvalue weighted by Gasteiger charge is 2.49. The highest BCUT2D eigenvalue weighted by atomic mass is 16.3. The largest absolute Gasteiger partial charge is 0.464 e. The predicted molar refractivity (Wildman–Crippen MR) is 72.3 cm³/mol. The van der Waals surface area contributed by atoms with Crippen LogP contribution in [0.2, 0.25) is 0 Å². The van der Waals surface area contributed by atoms with Crippen LogP contribution in [0.3, 0.4) is 0 Å². The van der Waals surface area contributed by atoms with Gasteiger partial charge in [0.2, 0.25) is 5.91 Å². The van der Waals surface area contributed by atoms with E-state index in [-0.39, 0.29) is 23.9 Å². The maximum absolute atomic E-state index is 12.4. The van der Waals surface area contributed by atoms with Crippen LogP contribution in [-0.4, -0.2) is 11.9 Å². The minimum Gasteiger partial charge on any atom is -0.464 e. The Morgan fingerprint density at radius 1 is 1.42 bits per heavy atom. The Kier molecular flexibility index (Phi) is 3.13. The summed E-state index contributed by atoms with van der Waals surface area (Å²) in [6, 6.07) is 3.79. The van der Waals surface area contributed by atoms with Gasteiger partial charge >= 0.3 is 0 Å². The molecule has 5 unspecified atom stereocenters. The first-order chi connectivity index (χ1) is 9.06. The fraction of sp³-hybridized carbons (Fsp3) is 0.667. The molecule has 1 heterocycles. The molecule has 19 heavy (non-hydrogen) atoms. The van der Waals surface area contributed by atoms with E-state index in [9.17, 15) is 4.79 Å². The van der Waals surface area contributed by atoms with E-state index < -0.39 is 0 Å². The third-order valence-electron chi connectivity index (χ3n) is 4.83. The summed E-state index contributed by atoms with van der Waals surface area (Å²) in [7, 11) is 0. The Labute approximate surface area is 113 Å². The van der Waals surface area contributed by atoms with Crippen molar-refractivity contribution in [2.75, 3.05) is 0 Å². The summed E-state index contributed by atoms with van der Waals surface area (Å²) < 4.78 is 5.55. The lowest BCUT2D eigenvalue weighted by Gasteiger charge is -2.28. The normalized spacial score (nSPS) is 34.5. The molecule has 4 heteroatoms. The molecule has 104 valence electrons. The maximum atomic E-state index is 12.4.